The van der Waals surface area contributed by atoms with E-state index in [1.807, 2.05) is 31.2 Å². The van der Waals surface area contributed by atoms with Crippen molar-refractivity contribution in [2.75, 3.05) is 13.7 Å². The van der Waals surface area contributed by atoms with Crippen LogP contribution in [0.2, 0.25) is 0 Å². The number of benzene rings is 1. The average molecular weight is 423 g/mol. The van der Waals surface area contributed by atoms with Crippen LogP contribution in [-0.2, 0) is 16.1 Å². The maximum atomic E-state index is 12.6. The zero-order valence-corrected chi connectivity index (χ0v) is 16.7. The molecular weight excluding hydrogens is 400 g/mol. The summed E-state index contributed by atoms with van der Waals surface area (Å²) >= 11 is 3.42. The van der Waals surface area contributed by atoms with Gasteiger partial charge in [0.05, 0.1) is 25.5 Å². The molecule has 0 aliphatic heterocycles. The molecular formula is C18H23BrN4O3. The van der Waals surface area contributed by atoms with E-state index < -0.39 is 12.1 Å². The van der Waals surface area contributed by atoms with E-state index in [0.29, 0.717) is 18.9 Å². The van der Waals surface area contributed by atoms with Crippen molar-refractivity contribution in [3.05, 3.63) is 40.8 Å². The molecule has 26 heavy (non-hydrogen) atoms. The van der Waals surface area contributed by atoms with Crippen LogP contribution in [0.15, 0.2) is 34.9 Å². The second kappa shape index (κ2) is 9.38. The molecule has 1 aromatic carbocycles. The van der Waals surface area contributed by atoms with Crippen molar-refractivity contribution in [3.63, 3.8) is 0 Å². The van der Waals surface area contributed by atoms with E-state index in [1.165, 1.54) is 7.11 Å². The number of aromatic nitrogens is 2. The number of alkyl carbamates (subject to hydrolysis) is 1. The number of amides is 2. The number of hydrogen-bond acceptors (Lipinski definition) is 4. The fraction of sp³-hybridized carbons (Fsp3) is 0.389. The number of nitrogens with one attached hydrogen (secondary N) is 2. The number of rotatable bonds is 7. The van der Waals surface area contributed by atoms with E-state index in [4.69, 9.17) is 0 Å². The molecule has 0 unspecified atom stereocenters. The number of imidazole rings is 1. The molecule has 140 valence electrons. The summed E-state index contributed by atoms with van der Waals surface area (Å²) in [5.41, 5.74) is 1.90. The summed E-state index contributed by atoms with van der Waals surface area (Å²) in [6.45, 7) is 4.54. The molecule has 1 heterocycles. The van der Waals surface area contributed by atoms with Crippen LogP contribution in [0.1, 0.15) is 26.1 Å². The van der Waals surface area contributed by atoms with E-state index in [1.54, 1.807) is 18.0 Å². The molecule has 0 saturated heterocycles. The monoisotopic (exact) mass is 422 g/mol. The number of carbonyl (C=O) groups is 2. The Bertz CT molecular complexity index is 745. The molecule has 2 rings (SSSR count). The molecule has 0 spiro atoms. The van der Waals surface area contributed by atoms with Crippen molar-refractivity contribution >= 4 is 27.9 Å². The minimum absolute atomic E-state index is 0.182. The Balaban J connectivity index is 2.08. The van der Waals surface area contributed by atoms with Crippen LogP contribution in [0.5, 0.6) is 0 Å². The van der Waals surface area contributed by atoms with Gasteiger partial charge >= 0.3 is 6.09 Å². The molecule has 0 fully saturated rings. The van der Waals surface area contributed by atoms with Crippen LogP contribution >= 0.6 is 15.9 Å². The van der Waals surface area contributed by atoms with Crippen molar-refractivity contribution in [1.82, 2.24) is 20.2 Å². The first-order valence-corrected chi connectivity index (χ1v) is 9.17. The largest absolute Gasteiger partial charge is 0.453 e. The van der Waals surface area contributed by atoms with Gasteiger partial charge in [0.25, 0.3) is 0 Å². The van der Waals surface area contributed by atoms with Gasteiger partial charge in [0.15, 0.2) is 0 Å². The highest BCUT2D eigenvalue weighted by molar-refractivity contribution is 9.10. The van der Waals surface area contributed by atoms with E-state index in [-0.39, 0.29) is 5.91 Å². The van der Waals surface area contributed by atoms with E-state index >= 15 is 0 Å². The Morgan fingerprint density at radius 2 is 2.04 bits per heavy atom. The predicted molar refractivity (Wildman–Crippen MR) is 102 cm³/mol. The quantitative estimate of drug-likeness (QED) is 0.716. The molecule has 1 atom stereocenters. The molecule has 0 radical (unpaired) electrons. The van der Waals surface area contributed by atoms with Gasteiger partial charge in [0.1, 0.15) is 11.9 Å². The molecule has 1 aromatic heterocycles. The van der Waals surface area contributed by atoms with Crippen LogP contribution in [0.4, 0.5) is 4.79 Å². The van der Waals surface area contributed by atoms with Crippen molar-refractivity contribution in [3.8, 4) is 11.3 Å². The smallest absolute Gasteiger partial charge is 0.407 e. The first-order valence-electron chi connectivity index (χ1n) is 8.37. The molecule has 8 heteroatoms. The van der Waals surface area contributed by atoms with Crippen LogP contribution in [0.25, 0.3) is 11.3 Å². The average Bonchev–Trinajstić information content (AvgIpc) is 3.09. The lowest BCUT2D eigenvalue weighted by Gasteiger charge is -2.24. The number of ether oxygens (including phenoxy) is 1. The van der Waals surface area contributed by atoms with Crippen LogP contribution in [0.3, 0.4) is 0 Å². The first-order chi connectivity index (χ1) is 12.4. The number of nitrogens with zero attached hydrogens (tertiary/aromatic N) is 2. The summed E-state index contributed by atoms with van der Waals surface area (Å²) in [4.78, 5) is 33.2. The van der Waals surface area contributed by atoms with Gasteiger partial charge in [0.2, 0.25) is 5.91 Å². The Labute approximate surface area is 161 Å². The summed E-state index contributed by atoms with van der Waals surface area (Å²) in [7, 11) is 1.27. The zero-order valence-electron chi connectivity index (χ0n) is 15.1. The third-order valence-electron chi connectivity index (χ3n) is 3.82. The minimum atomic E-state index is -0.671. The summed E-state index contributed by atoms with van der Waals surface area (Å²) in [5.74, 6) is 0.508. The topological polar surface area (TPSA) is 87.3 Å². The van der Waals surface area contributed by atoms with Gasteiger partial charge in [-0.3, -0.25) is 4.79 Å². The fourth-order valence-electron chi connectivity index (χ4n) is 2.51. The predicted octanol–water partition coefficient (Wildman–Crippen LogP) is 3.32. The van der Waals surface area contributed by atoms with Gasteiger partial charge in [-0.05, 0) is 31.0 Å². The minimum Gasteiger partial charge on any atom is -0.453 e. The van der Waals surface area contributed by atoms with Crippen molar-refractivity contribution < 1.29 is 14.3 Å². The zero-order chi connectivity index (χ0) is 19.1. The number of hydrogen-bond donors (Lipinski definition) is 2. The SMILES string of the molecule is CCCN(Cc1ncc(-c2ccc(Br)cc2)[nH]1)C(=O)[C@H](C)NC(=O)OC. The van der Waals surface area contributed by atoms with Gasteiger partial charge in [-0.25, -0.2) is 9.78 Å². The third-order valence-corrected chi connectivity index (χ3v) is 4.35. The Morgan fingerprint density at radius 1 is 1.35 bits per heavy atom. The van der Waals surface area contributed by atoms with Crippen molar-refractivity contribution in [2.24, 2.45) is 0 Å². The van der Waals surface area contributed by atoms with Crippen molar-refractivity contribution in [2.45, 2.75) is 32.9 Å². The lowest BCUT2D eigenvalue weighted by Crippen LogP contribution is -2.47. The highest BCUT2D eigenvalue weighted by atomic mass is 79.9. The molecule has 2 N–H and O–H groups in total. The van der Waals surface area contributed by atoms with Crippen molar-refractivity contribution in [1.29, 1.82) is 0 Å². The van der Waals surface area contributed by atoms with Crippen LogP contribution < -0.4 is 5.32 Å². The summed E-state index contributed by atoms with van der Waals surface area (Å²) < 4.78 is 5.55. The van der Waals surface area contributed by atoms with Gasteiger partial charge in [-0.1, -0.05) is 35.0 Å². The molecule has 0 aliphatic rings. The molecule has 0 bridgehead atoms. The maximum absolute atomic E-state index is 12.6. The molecule has 2 aromatic rings. The molecule has 0 aliphatic carbocycles. The fourth-order valence-corrected chi connectivity index (χ4v) is 2.77. The van der Waals surface area contributed by atoms with Gasteiger partial charge < -0.3 is 19.9 Å². The maximum Gasteiger partial charge on any atom is 0.407 e. The van der Waals surface area contributed by atoms with Gasteiger partial charge in [0, 0.05) is 11.0 Å². The number of halogens is 1. The summed E-state index contributed by atoms with van der Waals surface area (Å²) in [5, 5.41) is 2.50. The Morgan fingerprint density at radius 3 is 2.65 bits per heavy atom. The lowest BCUT2D eigenvalue weighted by atomic mass is 10.2. The van der Waals surface area contributed by atoms with E-state index in [0.717, 1.165) is 22.2 Å². The molecule has 7 nitrogen and oxygen atoms in total. The Hall–Kier alpha value is -2.35. The number of methoxy groups -OCH3 is 1. The third kappa shape index (κ3) is 5.32. The summed E-state index contributed by atoms with van der Waals surface area (Å²) in [6, 6.07) is 7.22. The second-order valence-corrected chi connectivity index (χ2v) is 6.78. The molecule has 0 saturated carbocycles. The van der Waals surface area contributed by atoms with Gasteiger partial charge in [-0.15, -0.1) is 0 Å². The summed E-state index contributed by atoms with van der Waals surface area (Å²) in [6.07, 6.45) is 1.93. The Kier molecular flexibility index (Phi) is 7.20. The van der Waals surface area contributed by atoms with Crippen LogP contribution in [0, 0.1) is 0 Å². The normalized spacial score (nSPS) is 11.7. The highest BCUT2D eigenvalue weighted by Gasteiger charge is 2.22. The van der Waals surface area contributed by atoms with Crippen LogP contribution in [-0.4, -0.2) is 46.6 Å². The second-order valence-electron chi connectivity index (χ2n) is 5.87. The van der Waals surface area contributed by atoms with E-state index in [9.17, 15) is 9.59 Å². The lowest BCUT2D eigenvalue weighted by molar-refractivity contribution is -0.133. The van der Waals surface area contributed by atoms with Gasteiger partial charge in [-0.2, -0.15) is 0 Å². The first kappa shape index (κ1) is 20.0. The number of aromatic amines is 1. The molecule has 2 amide bonds. The van der Waals surface area contributed by atoms with E-state index in [2.05, 4.69) is 36.0 Å². The number of H-pyrrole nitrogens is 1. The standard InChI is InChI=1S/C18H23BrN4O3/c1-4-9-23(17(24)12(2)21-18(25)26-3)11-16-20-10-15(22-16)13-5-7-14(19)8-6-13/h5-8,10,12H,4,9,11H2,1-3H3,(H,20,22)(H,21,25)/t12-/m0/s1. The number of carbonyl (C=O) groups excluding carboxylic acids is 2. The highest BCUT2D eigenvalue weighted by Crippen LogP contribution is 2.20.